The first-order valence-corrected chi connectivity index (χ1v) is 6.24. The lowest BCUT2D eigenvalue weighted by Gasteiger charge is -2.04. The van der Waals surface area contributed by atoms with E-state index in [1.54, 1.807) is 4.52 Å². The summed E-state index contributed by atoms with van der Waals surface area (Å²) >= 11 is 3.47. The summed E-state index contributed by atoms with van der Waals surface area (Å²) < 4.78 is 2.78. The number of hydrogen-bond acceptors (Lipinski definition) is 3. The fourth-order valence-corrected chi connectivity index (χ4v) is 2.22. The summed E-state index contributed by atoms with van der Waals surface area (Å²) in [7, 11) is 0. The Kier molecular flexibility index (Phi) is 2.26. The maximum absolute atomic E-state index is 6.05. The minimum atomic E-state index is 0.0781. The van der Waals surface area contributed by atoms with Gasteiger partial charge in [0.1, 0.15) is 0 Å². The van der Waals surface area contributed by atoms with Crippen molar-refractivity contribution in [2.45, 2.75) is 31.2 Å². The Bertz CT molecular complexity index is 530. The van der Waals surface area contributed by atoms with Crippen molar-refractivity contribution in [1.82, 2.24) is 14.6 Å². The lowest BCUT2D eigenvalue weighted by atomic mass is 10.1. The molecule has 1 aliphatic rings. The van der Waals surface area contributed by atoms with Gasteiger partial charge in [0.05, 0.1) is 4.47 Å². The highest BCUT2D eigenvalue weighted by molar-refractivity contribution is 9.10. The molecule has 2 N–H and O–H groups in total. The van der Waals surface area contributed by atoms with Gasteiger partial charge in [0.15, 0.2) is 11.5 Å². The Balaban J connectivity index is 1.85. The fourth-order valence-electron chi connectivity index (χ4n) is 1.80. The quantitative estimate of drug-likeness (QED) is 0.935. The molecule has 2 aromatic heterocycles. The lowest BCUT2D eigenvalue weighted by Crippen LogP contribution is -2.22. The normalized spacial score (nSPS) is 17.9. The molecule has 1 saturated carbocycles. The summed E-state index contributed by atoms with van der Waals surface area (Å²) in [6.07, 6.45) is 6.05. The molecular formula is C11H13BrN4. The number of halogens is 1. The molecule has 2 heterocycles. The standard InChI is InChI=1S/C11H13BrN4/c12-8-2-1-7-16-10(8)14-9(15-16)3-4-11(13)5-6-11/h1-2,7H,3-6,13H2. The molecule has 0 spiro atoms. The van der Waals surface area contributed by atoms with Gasteiger partial charge in [-0.3, -0.25) is 0 Å². The van der Waals surface area contributed by atoms with Crippen LogP contribution in [-0.4, -0.2) is 20.1 Å². The second-order valence-electron chi connectivity index (χ2n) is 4.51. The number of aryl methyl sites for hydroxylation is 1. The zero-order valence-electron chi connectivity index (χ0n) is 8.86. The number of pyridine rings is 1. The van der Waals surface area contributed by atoms with Crippen LogP contribution in [0, 0.1) is 0 Å². The van der Waals surface area contributed by atoms with Gasteiger partial charge in [-0.05, 0) is 47.3 Å². The zero-order chi connectivity index (χ0) is 11.2. The van der Waals surface area contributed by atoms with Crippen LogP contribution in [-0.2, 0) is 6.42 Å². The van der Waals surface area contributed by atoms with Crippen molar-refractivity contribution < 1.29 is 0 Å². The van der Waals surface area contributed by atoms with Gasteiger partial charge in [-0.2, -0.15) is 5.10 Å². The monoisotopic (exact) mass is 280 g/mol. The molecule has 0 atom stereocenters. The van der Waals surface area contributed by atoms with E-state index in [0.29, 0.717) is 0 Å². The van der Waals surface area contributed by atoms with E-state index in [4.69, 9.17) is 5.73 Å². The van der Waals surface area contributed by atoms with Crippen LogP contribution in [0.4, 0.5) is 0 Å². The second-order valence-corrected chi connectivity index (χ2v) is 5.37. The topological polar surface area (TPSA) is 56.2 Å². The molecule has 1 fully saturated rings. The van der Waals surface area contributed by atoms with Crippen LogP contribution in [0.2, 0.25) is 0 Å². The van der Waals surface area contributed by atoms with E-state index < -0.39 is 0 Å². The maximum atomic E-state index is 6.05. The molecule has 0 saturated heterocycles. The smallest absolute Gasteiger partial charge is 0.169 e. The molecule has 84 valence electrons. The van der Waals surface area contributed by atoms with E-state index in [1.165, 1.54) is 0 Å². The maximum Gasteiger partial charge on any atom is 0.169 e. The SMILES string of the molecule is NC1(CCc2nc3c(Br)cccn3n2)CC1. The van der Waals surface area contributed by atoms with Gasteiger partial charge in [-0.15, -0.1) is 0 Å². The zero-order valence-corrected chi connectivity index (χ0v) is 10.4. The summed E-state index contributed by atoms with van der Waals surface area (Å²) in [5, 5.41) is 4.42. The molecule has 0 radical (unpaired) electrons. The van der Waals surface area contributed by atoms with Crippen molar-refractivity contribution in [2.75, 3.05) is 0 Å². The van der Waals surface area contributed by atoms with Crippen LogP contribution >= 0.6 is 15.9 Å². The molecule has 3 rings (SSSR count). The largest absolute Gasteiger partial charge is 0.325 e. The minimum Gasteiger partial charge on any atom is -0.325 e. The van der Waals surface area contributed by atoms with Crippen LogP contribution in [0.15, 0.2) is 22.8 Å². The number of hydrogen-bond donors (Lipinski definition) is 1. The van der Waals surface area contributed by atoms with Crippen LogP contribution in [0.5, 0.6) is 0 Å². The van der Waals surface area contributed by atoms with E-state index in [2.05, 4.69) is 26.0 Å². The van der Waals surface area contributed by atoms with E-state index in [9.17, 15) is 0 Å². The van der Waals surface area contributed by atoms with Gasteiger partial charge in [-0.25, -0.2) is 9.50 Å². The predicted octanol–water partition coefficient (Wildman–Crippen LogP) is 1.92. The summed E-state index contributed by atoms with van der Waals surface area (Å²) in [5.74, 6) is 0.878. The van der Waals surface area contributed by atoms with Crippen LogP contribution < -0.4 is 5.73 Å². The molecule has 16 heavy (non-hydrogen) atoms. The molecule has 0 unspecified atom stereocenters. The van der Waals surface area contributed by atoms with E-state index in [0.717, 1.165) is 41.6 Å². The van der Waals surface area contributed by atoms with Crippen LogP contribution in [0.25, 0.3) is 5.65 Å². The summed E-state index contributed by atoms with van der Waals surface area (Å²) in [6.45, 7) is 0. The second kappa shape index (κ2) is 3.53. The Hall–Kier alpha value is -0.940. The van der Waals surface area contributed by atoms with Gasteiger partial charge in [-0.1, -0.05) is 0 Å². The highest BCUT2D eigenvalue weighted by Gasteiger charge is 2.37. The van der Waals surface area contributed by atoms with Crippen molar-refractivity contribution in [3.05, 3.63) is 28.6 Å². The molecule has 1 aliphatic carbocycles. The van der Waals surface area contributed by atoms with Crippen molar-refractivity contribution >= 4 is 21.6 Å². The molecule has 0 amide bonds. The van der Waals surface area contributed by atoms with Crippen molar-refractivity contribution in [2.24, 2.45) is 5.73 Å². The Labute approximate surface area is 102 Å². The Morgan fingerprint density at radius 3 is 3.00 bits per heavy atom. The average molecular weight is 281 g/mol. The summed E-state index contributed by atoms with van der Waals surface area (Å²) in [6, 6.07) is 3.92. The third-order valence-electron chi connectivity index (χ3n) is 3.10. The highest BCUT2D eigenvalue weighted by Crippen LogP contribution is 2.36. The average Bonchev–Trinajstić information content (AvgIpc) is 2.84. The van der Waals surface area contributed by atoms with Crippen LogP contribution in [0.1, 0.15) is 25.1 Å². The van der Waals surface area contributed by atoms with Crippen molar-refractivity contribution in [1.29, 1.82) is 0 Å². The third-order valence-corrected chi connectivity index (χ3v) is 3.72. The van der Waals surface area contributed by atoms with Gasteiger partial charge in [0, 0.05) is 18.2 Å². The molecule has 4 nitrogen and oxygen atoms in total. The number of fused-ring (bicyclic) bond motifs is 1. The van der Waals surface area contributed by atoms with Crippen LogP contribution in [0.3, 0.4) is 0 Å². The number of aromatic nitrogens is 3. The number of rotatable bonds is 3. The third kappa shape index (κ3) is 1.85. The Morgan fingerprint density at radius 2 is 2.31 bits per heavy atom. The molecule has 0 bridgehead atoms. The first kappa shape index (κ1) is 10.2. The summed E-state index contributed by atoms with van der Waals surface area (Å²) in [5.41, 5.74) is 7.00. The van der Waals surface area contributed by atoms with E-state index >= 15 is 0 Å². The fraction of sp³-hybridized carbons (Fsp3) is 0.455. The Morgan fingerprint density at radius 1 is 1.50 bits per heavy atom. The number of nitrogens with two attached hydrogens (primary N) is 1. The van der Waals surface area contributed by atoms with Crippen molar-refractivity contribution in [3.8, 4) is 0 Å². The number of nitrogens with zero attached hydrogens (tertiary/aromatic N) is 3. The van der Waals surface area contributed by atoms with Gasteiger partial charge < -0.3 is 5.73 Å². The van der Waals surface area contributed by atoms with Gasteiger partial charge in [0.25, 0.3) is 0 Å². The van der Waals surface area contributed by atoms with Crippen molar-refractivity contribution in [3.63, 3.8) is 0 Å². The predicted molar refractivity (Wildman–Crippen MR) is 65.2 cm³/mol. The van der Waals surface area contributed by atoms with Gasteiger partial charge >= 0.3 is 0 Å². The first-order chi connectivity index (χ1) is 7.66. The van der Waals surface area contributed by atoms with Gasteiger partial charge in [0.2, 0.25) is 0 Å². The highest BCUT2D eigenvalue weighted by atomic mass is 79.9. The first-order valence-electron chi connectivity index (χ1n) is 5.45. The molecule has 0 aromatic carbocycles. The molecule has 2 aromatic rings. The molecule has 5 heteroatoms. The lowest BCUT2D eigenvalue weighted by molar-refractivity contribution is 0.595. The van der Waals surface area contributed by atoms with E-state index in [-0.39, 0.29) is 5.54 Å². The molecular weight excluding hydrogens is 268 g/mol. The summed E-state index contributed by atoms with van der Waals surface area (Å²) in [4.78, 5) is 4.49. The minimum absolute atomic E-state index is 0.0781. The molecule has 0 aliphatic heterocycles. The van der Waals surface area contributed by atoms with E-state index in [1.807, 2.05) is 18.3 Å².